The predicted octanol–water partition coefficient (Wildman–Crippen LogP) is 1.35. The van der Waals surface area contributed by atoms with Crippen molar-refractivity contribution in [3.05, 3.63) is 0 Å². The molecule has 0 amide bonds. The van der Waals surface area contributed by atoms with E-state index in [0.717, 1.165) is 25.4 Å². The van der Waals surface area contributed by atoms with Crippen LogP contribution in [-0.2, 0) is 0 Å². The van der Waals surface area contributed by atoms with Crippen LogP contribution in [0.3, 0.4) is 0 Å². The monoisotopic (exact) mass is 214 g/mol. The number of hydrogen-bond acceptors (Lipinski definition) is 3. The van der Waals surface area contributed by atoms with Gasteiger partial charge in [0.05, 0.1) is 6.61 Å². The standard InChI is InChI=1S/C12H26N2O/c1-3-8-14(11-5-6-11)9-4-7-12(2,13)10-15/h11,15H,3-10,13H2,1-2H3. The summed E-state index contributed by atoms with van der Waals surface area (Å²) in [5, 5.41) is 9.05. The molecule has 0 heterocycles. The van der Waals surface area contributed by atoms with Crippen LogP contribution in [0.1, 0.15) is 46.0 Å². The molecule has 90 valence electrons. The molecule has 3 N–H and O–H groups in total. The summed E-state index contributed by atoms with van der Waals surface area (Å²) >= 11 is 0. The predicted molar refractivity (Wildman–Crippen MR) is 63.8 cm³/mol. The van der Waals surface area contributed by atoms with Crippen molar-refractivity contribution >= 4 is 0 Å². The molecule has 0 radical (unpaired) electrons. The number of hydrogen-bond donors (Lipinski definition) is 2. The minimum Gasteiger partial charge on any atom is -0.394 e. The Labute approximate surface area is 93.6 Å². The molecule has 1 fully saturated rings. The van der Waals surface area contributed by atoms with Gasteiger partial charge < -0.3 is 15.7 Å². The average molecular weight is 214 g/mol. The summed E-state index contributed by atoms with van der Waals surface area (Å²) in [6, 6.07) is 0.850. The van der Waals surface area contributed by atoms with E-state index in [1.54, 1.807) is 0 Å². The maximum Gasteiger partial charge on any atom is 0.0608 e. The van der Waals surface area contributed by atoms with Crippen molar-refractivity contribution in [2.75, 3.05) is 19.7 Å². The Hall–Kier alpha value is -0.120. The van der Waals surface area contributed by atoms with Crippen molar-refractivity contribution in [3.63, 3.8) is 0 Å². The van der Waals surface area contributed by atoms with E-state index < -0.39 is 0 Å². The molecule has 1 unspecified atom stereocenters. The van der Waals surface area contributed by atoms with Gasteiger partial charge >= 0.3 is 0 Å². The summed E-state index contributed by atoms with van der Waals surface area (Å²) in [7, 11) is 0. The Morgan fingerprint density at radius 3 is 2.53 bits per heavy atom. The third kappa shape index (κ3) is 4.96. The molecule has 1 saturated carbocycles. The van der Waals surface area contributed by atoms with Crippen LogP contribution in [0, 0.1) is 0 Å². The molecule has 0 aromatic rings. The lowest BCUT2D eigenvalue weighted by atomic mass is 9.98. The Bertz CT molecular complexity index is 178. The molecule has 1 aliphatic carbocycles. The van der Waals surface area contributed by atoms with Gasteiger partial charge in [0, 0.05) is 11.6 Å². The maximum atomic E-state index is 9.05. The molecular weight excluding hydrogens is 188 g/mol. The van der Waals surface area contributed by atoms with Crippen LogP contribution in [0.4, 0.5) is 0 Å². The van der Waals surface area contributed by atoms with Gasteiger partial charge in [-0.25, -0.2) is 0 Å². The molecule has 3 heteroatoms. The molecule has 0 saturated heterocycles. The van der Waals surface area contributed by atoms with Gasteiger partial charge in [-0.15, -0.1) is 0 Å². The zero-order chi connectivity index (χ0) is 11.3. The first-order valence-corrected chi connectivity index (χ1v) is 6.23. The third-order valence-corrected chi connectivity index (χ3v) is 3.13. The van der Waals surface area contributed by atoms with E-state index in [2.05, 4.69) is 11.8 Å². The summed E-state index contributed by atoms with van der Waals surface area (Å²) in [4.78, 5) is 2.58. The Morgan fingerprint density at radius 2 is 2.07 bits per heavy atom. The highest BCUT2D eigenvalue weighted by atomic mass is 16.3. The number of rotatable bonds is 8. The fourth-order valence-corrected chi connectivity index (χ4v) is 1.97. The van der Waals surface area contributed by atoms with Crippen LogP contribution >= 0.6 is 0 Å². The Balaban J connectivity index is 2.16. The zero-order valence-electron chi connectivity index (χ0n) is 10.2. The highest BCUT2D eigenvalue weighted by Gasteiger charge is 2.28. The maximum absolute atomic E-state index is 9.05. The molecule has 3 nitrogen and oxygen atoms in total. The fraction of sp³-hybridized carbons (Fsp3) is 1.00. The second-order valence-electron chi connectivity index (χ2n) is 5.18. The minimum atomic E-state index is -0.387. The van der Waals surface area contributed by atoms with E-state index in [0.29, 0.717) is 0 Å². The molecule has 1 atom stereocenters. The summed E-state index contributed by atoms with van der Waals surface area (Å²) in [5.74, 6) is 0. The molecule has 1 aliphatic rings. The van der Waals surface area contributed by atoms with Crippen molar-refractivity contribution in [2.24, 2.45) is 5.73 Å². The quantitative estimate of drug-likeness (QED) is 0.641. The van der Waals surface area contributed by atoms with Crippen molar-refractivity contribution in [3.8, 4) is 0 Å². The van der Waals surface area contributed by atoms with Crippen LogP contribution in [0.15, 0.2) is 0 Å². The molecule has 0 bridgehead atoms. The zero-order valence-corrected chi connectivity index (χ0v) is 10.2. The first kappa shape index (κ1) is 12.9. The lowest BCUT2D eigenvalue weighted by Crippen LogP contribution is -2.41. The third-order valence-electron chi connectivity index (χ3n) is 3.13. The first-order valence-electron chi connectivity index (χ1n) is 6.23. The lowest BCUT2D eigenvalue weighted by molar-refractivity contribution is 0.186. The van der Waals surface area contributed by atoms with Crippen molar-refractivity contribution in [2.45, 2.75) is 57.5 Å². The van der Waals surface area contributed by atoms with Crippen LogP contribution < -0.4 is 5.73 Å². The Kier molecular flexibility index (Phi) is 5.03. The summed E-state index contributed by atoms with van der Waals surface area (Å²) in [5.41, 5.74) is 5.51. The normalized spacial score (nSPS) is 20.6. The summed E-state index contributed by atoms with van der Waals surface area (Å²) in [6.07, 6.45) is 6.00. The highest BCUT2D eigenvalue weighted by Crippen LogP contribution is 2.27. The van der Waals surface area contributed by atoms with Gasteiger partial charge in [0.15, 0.2) is 0 Å². The van der Waals surface area contributed by atoms with E-state index in [4.69, 9.17) is 10.8 Å². The molecule has 0 aromatic carbocycles. The van der Waals surface area contributed by atoms with Crippen molar-refractivity contribution < 1.29 is 5.11 Å². The second-order valence-corrected chi connectivity index (χ2v) is 5.18. The largest absolute Gasteiger partial charge is 0.394 e. The van der Waals surface area contributed by atoms with Crippen molar-refractivity contribution in [1.82, 2.24) is 4.90 Å². The minimum absolute atomic E-state index is 0.0875. The van der Waals surface area contributed by atoms with Crippen LogP contribution in [0.25, 0.3) is 0 Å². The number of nitrogens with zero attached hydrogens (tertiary/aromatic N) is 1. The fourth-order valence-electron chi connectivity index (χ4n) is 1.97. The van der Waals surface area contributed by atoms with Crippen LogP contribution in [0.5, 0.6) is 0 Å². The average Bonchev–Trinajstić information content (AvgIpc) is 3.00. The highest BCUT2D eigenvalue weighted by molar-refractivity contribution is 4.85. The topological polar surface area (TPSA) is 49.5 Å². The van der Waals surface area contributed by atoms with E-state index in [1.807, 2.05) is 6.92 Å². The van der Waals surface area contributed by atoms with Gasteiger partial charge in [-0.05, 0) is 52.1 Å². The molecule has 0 spiro atoms. The van der Waals surface area contributed by atoms with Gasteiger partial charge in [-0.2, -0.15) is 0 Å². The van der Waals surface area contributed by atoms with E-state index in [-0.39, 0.29) is 12.1 Å². The van der Waals surface area contributed by atoms with E-state index in [1.165, 1.54) is 25.8 Å². The summed E-state index contributed by atoms with van der Waals surface area (Å²) in [6.45, 7) is 6.60. The first-order chi connectivity index (χ1) is 7.09. The number of aliphatic hydroxyl groups is 1. The van der Waals surface area contributed by atoms with E-state index >= 15 is 0 Å². The molecule has 15 heavy (non-hydrogen) atoms. The van der Waals surface area contributed by atoms with Gasteiger partial charge in [-0.3, -0.25) is 0 Å². The van der Waals surface area contributed by atoms with Crippen LogP contribution in [-0.4, -0.2) is 41.3 Å². The van der Waals surface area contributed by atoms with Gasteiger partial charge in [0.2, 0.25) is 0 Å². The Morgan fingerprint density at radius 1 is 1.40 bits per heavy atom. The SMILES string of the molecule is CCCN(CCCC(C)(N)CO)C1CC1. The van der Waals surface area contributed by atoms with Crippen LogP contribution in [0.2, 0.25) is 0 Å². The lowest BCUT2D eigenvalue weighted by Gasteiger charge is -2.25. The molecule has 0 aromatic heterocycles. The number of nitrogens with two attached hydrogens (primary N) is 1. The smallest absolute Gasteiger partial charge is 0.0608 e. The molecule has 1 rings (SSSR count). The van der Waals surface area contributed by atoms with Gasteiger partial charge in [-0.1, -0.05) is 6.92 Å². The van der Waals surface area contributed by atoms with Gasteiger partial charge in [0.25, 0.3) is 0 Å². The summed E-state index contributed by atoms with van der Waals surface area (Å²) < 4.78 is 0. The van der Waals surface area contributed by atoms with Gasteiger partial charge in [0.1, 0.15) is 0 Å². The number of aliphatic hydroxyl groups excluding tert-OH is 1. The van der Waals surface area contributed by atoms with E-state index in [9.17, 15) is 0 Å². The van der Waals surface area contributed by atoms with Crippen molar-refractivity contribution in [1.29, 1.82) is 0 Å². The second kappa shape index (κ2) is 5.83. The molecular formula is C12H26N2O. The molecule has 0 aliphatic heterocycles.